The zero-order chi connectivity index (χ0) is 24.6. The molecule has 0 saturated carbocycles. The van der Waals surface area contributed by atoms with Crippen LogP contribution in [0.4, 0.5) is 5.69 Å². The normalized spacial score (nSPS) is 12.3. The first kappa shape index (κ1) is 26.9. The van der Waals surface area contributed by atoms with Gasteiger partial charge in [0, 0.05) is 30.0 Å². The summed E-state index contributed by atoms with van der Waals surface area (Å²) in [7, 11) is -3.49. The molecule has 7 nitrogen and oxygen atoms in total. The summed E-state index contributed by atoms with van der Waals surface area (Å²) in [5, 5.41) is 2.86. The van der Waals surface area contributed by atoms with E-state index in [1.807, 2.05) is 44.2 Å². The van der Waals surface area contributed by atoms with E-state index in [1.54, 1.807) is 36.1 Å². The lowest BCUT2D eigenvalue weighted by atomic mass is 10.1. The molecule has 2 aromatic carbocycles. The van der Waals surface area contributed by atoms with Crippen molar-refractivity contribution >= 4 is 43.5 Å². The van der Waals surface area contributed by atoms with E-state index >= 15 is 0 Å². The van der Waals surface area contributed by atoms with Crippen LogP contribution < -0.4 is 9.62 Å². The van der Waals surface area contributed by atoms with Crippen LogP contribution in [0.5, 0.6) is 0 Å². The fourth-order valence-corrected chi connectivity index (χ4v) is 4.83. The van der Waals surface area contributed by atoms with Crippen LogP contribution >= 0.6 is 15.9 Å². The van der Waals surface area contributed by atoms with Gasteiger partial charge in [0.1, 0.15) is 6.04 Å². The van der Waals surface area contributed by atoms with E-state index in [0.717, 1.165) is 16.3 Å². The summed E-state index contributed by atoms with van der Waals surface area (Å²) in [6.45, 7) is 5.90. The third-order valence-corrected chi connectivity index (χ3v) is 6.72. The number of nitrogens with one attached hydrogen (secondary N) is 1. The molecule has 1 atom stereocenters. The Kier molecular flexibility index (Phi) is 9.91. The molecule has 0 spiro atoms. The quantitative estimate of drug-likeness (QED) is 0.470. The lowest BCUT2D eigenvalue weighted by Gasteiger charge is -2.30. The first-order chi connectivity index (χ1) is 15.5. The monoisotopic (exact) mass is 537 g/mol. The van der Waals surface area contributed by atoms with Crippen LogP contribution in [0.1, 0.15) is 39.2 Å². The van der Waals surface area contributed by atoms with Crippen molar-refractivity contribution < 1.29 is 18.0 Å². The summed E-state index contributed by atoms with van der Waals surface area (Å²) < 4.78 is 26.8. The predicted octanol–water partition coefficient (Wildman–Crippen LogP) is 3.94. The molecule has 2 rings (SSSR count). The molecule has 0 fully saturated rings. The van der Waals surface area contributed by atoms with Crippen LogP contribution in [-0.4, -0.2) is 50.0 Å². The molecule has 180 valence electrons. The number of halogens is 1. The molecule has 2 amide bonds. The summed E-state index contributed by atoms with van der Waals surface area (Å²) in [4.78, 5) is 27.4. The minimum absolute atomic E-state index is 0.0445. The van der Waals surface area contributed by atoms with Gasteiger partial charge >= 0.3 is 0 Å². The Labute approximate surface area is 205 Å². The maximum atomic E-state index is 13.2. The smallest absolute Gasteiger partial charge is 0.242 e. The minimum atomic E-state index is -3.49. The van der Waals surface area contributed by atoms with E-state index in [-0.39, 0.29) is 37.4 Å². The molecule has 9 heteroatoms. The van der Waals surface area contributed by atoms with Gasteiger partial charge in [-0.1, -0.05) is 46.3 Å². The van der Waals surface area contributed by atoms with Crippen LogP contribution in [0.25, 0.3) is 0 Å². The second-order valence-electron chi connectivity index (χ2n) is 8.27. The van der Waals surface area contributed by atoms with E-state index < -0.39 is 16.1 Å². The summed E-state index contributed by atoms with van der Waals surface area (Å²) in [6.07, 6.45) is 1.60. The number of anilines is 1. The number of rotatable bonds is 11. The minimum Gasteiger partial charge on any atom is -0.352 e. The molecule has 0 aliphatic heterocycles. The fraction of sp³-hybridized carbons (Fsp3) is 0.417. The lowest BCUT2D eigenvalue weighted by molar-refractivity contribution is -0.140. The fourth-order valence-electron chi connectivity index (χ4n) is 3.42. The van der Waals surface area contributed by atoms with Crippen molar-refractivity contribution in [3.63, 3.8) is 0 Å². The van der Waals surface area contributed by atoms with Gasteiger partial charge in [-0.15, -0.1) is 0 Å². The largest absolute Gasteiger partial charge is 0.352 e. The summed E-state index contributed by atoms with van der Waals surface area (Å²) in [6, 6.07) is 15.7. The number of amides is 2. The average molecular weight is 539 g/mol. The topological polar surface area (TPSA) is 86.8 Å². The molecule has 0 aliphatic carbocycles. The molecule has 0 saturated heterocycles. The Morgan fingerprint density at radius 2 is 1.70 bits per heavy atom. The van der Waals surface area contributed by atoms with E-state index in [1.165, 1.54) is 4.31 Å². The van der Waals surface area contributed by atoms with Crippen molar-refractivity contribution in [1.29, 1.82) is 0 Å². The highest BCUT2D eigenvalue weighted by atomic mass is 79.9. The molecule has 0 heterocycles. The van der Waals surface area contributed by atoms with Gasteiger partial charge in [-0.3, -0.25) is 13.9 Å². The highest BCUT2D eigenvalue weighted by Crippen LogP contribution is 2.19. The van der Waals surface area contributed by atoms with Crippen molar-refractivity contribution in [2.45, 2.75) is 52.2 Å². The number of benzene rings is 2. The zero-order valence-corrected chi connectivity index (χ0v) is 21.9. The number of hydrogen-bond donors (Lipinski definition) is 1. The molecule has 0 bridgehead atoms. The standard InChI is InChI=1S/C24H32BrN3O4S/c1-18(2)26-24(30)19(3)27(17-20-10-8-11-21(25)16-20)23(29)14-9-15-28(33(4,31)32)22-12-6-5-7-13-22/h5-8,10-13,16,18-19H,9,14-15,17H2,1-4H3,(H,26,30). The third-order valence-electron chi connectivity index (χ3n) is 5.04. The summed E-state index contributed by atoms with van der Waals surface area (Å²) in [5.74, 6) is -0.432. The molecular formula is C24H32BrN3O4S. The van der Waals surface area contributed by atoms with E-state index in [9.17, 15) is 18.0 Å². The Balaban J connectivity index is 2.15. The van der Waals surface area contributed by atoms with Crippen molar-refractivity contribution in [3.8, 4) is 0 Å². The highest BCUT2D eigenvalue weighted by Gasteiger charge is 2.27. The molecular weight excluding hydrogens is 506 g/mol. The van der Waals surface area contributed by atoms with Gasteiger partial charge < -0.3 is 10.2 Å². The van der Waals surface area contributed by atoms with Crippen molar-refractivity contribution in [1.82, 2.24) is 10.2 Å². The number of hydrogen-bond acceptors (Lipinski definition) is 4. The van der Waals surface area contributed by atoms with E-state index in [4.69, 9.17) is 0 Å². The Morgan fingerprint density at radius 1 is 1.03 bits per heavy atom. The van der Waals surface area contributed by atoms with Crippen LogP contribution in [0.3, 0.4) is 0 Å². The Hall–Kier alpha value is -2.39. The molecule has 1 unspecified atom stereocenters. The average Bonchev–Trinajstić information content (AvgIpc) is 2.73. The molecule has 33 heavy (non-hydrogen) atoms. The van der Waals surface area contributed by atoms with Crippen molar-refractivity contribution in [2.75, 3.05) is 17.1 Å². The van der Waals surface area contributed by atoms with Gasteiger partial charge in [-0.05, 0) is 57.0 Å². The number of para-hydroxylation sites is 1. The van der Waals surface area contributed by atoms with E-state index in [2.05, 4.69) is 21.2 Å². The Bertz CT molecular complexity index is 1040. The van der Waals surface area contributed by atoms with Gasteiger partial charge in [0.2, 0.25) is 21.8 Å². The van der Waals surface area contributed by atoms with Gasteiger partial charge in [0.05, 0.1) is 11.9 Å². The van der Waals surface area contributed by atoms with Crippen LogP contribution in [-0.2, 0) is 26.2 Å². The molecule has 0 aromatic heterocycles. The van der Waals surface area contributed by atoms with Crippen molar-refractivity contribution in [3.05, 3.63) is 64.6 Å². The first-order valence-corrected chi connectivity index (χ1v) is 13.5. The third kappa shape index (κ3) is 8.47. The van der Waals surface area contributed by atoms with Gasteiger partial charge in [0.15, 0.2) is 0 Å². The highest BCUT2D eigenvalue weighted by molar-refractivity contribution is 9.10. The number of carbonyl (C=O) groups excluding carboxylic acids is 2. The van der Waals surface area contributed by atoms with Gasteiger partial charge in [-0.2, -0.15) is 0 Å². The van der Waals surface area contributed by atoms with Crippen LogP contribution in [0, 0.1) is 0 Å². The lowest BCUT2D eigenvalue weighted by Crippen LogP contribution is -2.49. The number of sulfonamides is 1. The van der Waals surface area contributed by atoms with Gasteiger partial charge in [0.25, 0.3) is 0 Å². The van der Waals surface area contributed by atoms with Crippen molar-refractivity contribution in [2.24, 2.45) is 0 Å². The predicted molar refractivity (Wildman–Crippen MR) is 135 cm³/mol. The molecule has 1 N–H and O–H groups in total. The van der Waals surface area contributed by atoms with Crippen LogP contribution in [0.2, 0.25) is 0 Å². The SMILES string of the molecule is CC(C)NC(=O)C(C)N(Cc1cccc(Br)c1)C(=O)CCCN(c1ccccc1)S(C)(=O)=O. The molecule has 0 aliphatic rings. The first-order valence-electron chi connectivity index (χ1n) is 10.9. The van der Waals surface area contributed by atoms with Crippen LogP contribution in [0.15, 0.2) is 59.1 Å². The molecule has 2 aromatic rings. The van der Waals surface area contributed by atoms with Gasteiger partial charge in [-0.25, -0.2) is 8.42 Å². The van der Waals surface area contributed by atoms with E-state index in [0.29, 0.717) is 12.1 Å². The number of carbonyl (C=O) groups is 2. The maximum absolute atomic E-state index is 13.2. The Morgan fingerprint density at radius 3 is 2.27 bits per heavy atom. The maximum Gasteiger partial charge on any atom is 0.242 e. The molecule has 0 radical (unpaired) electrons. The summed E-state index contributed by atoms with van der Waals surface area (Å²) >= 11 is 3.44. The second kappa shape index (κ2) is 12.2. The summed E-state index contributed by atoms with van der Waals surface area (Å²) in [5.41, 5.74) is 1.45. The number of nitrogens with zero attached hydrogens (tertiary/aromatic N) is 2. The second-order valence-corrected chi connectivity index (χ2v) is 11.1. The zero-order valence-electron chi connectivity index (χ0n) is 19.5.